The van der Waals surface area contributed by atoms with E-state index in [2.05, 4.69) is 4.98 Å². The highest BCUT2D eigenvalue weighted by molar-refractivity contribution is 6.35. The lowest BCUT2D eigenvalue weighted by Crippen LogP contribution is -1.98. The van der Waals surface area contributed by atoms with Gasteiger partial charge in [-0.3, -0.25) is 4.57 Å². The highest BCUT2D eigenvalue weighted by Crippen LogP contribution is 2.28. The molecule has 1 aromatic heterocycles. The summed E-state index contributed by atoms with van der Waals surface area (Å²) in [6.07, 6.45) is 0. The predicted molar refractivity (Wildman–Crippen MR) is 80.6 cm³/mol. The Labute approximate surface area is 125 Å². The second-order valence-corrected chi connectivity index (χ2v) is 5.19. The van der Waals surface area contributed by atoms with E-state index in [0.29, 0.717) is 15.9 Å². The van der Waals surface area contributed by atoms with Gasteiger partial charge in [0.05, 0.1) is 16.4 Å². The third kappa shape index (κ3) is 2.20. The molecule has 0 fully saturated rings. The highest BCUT2D eigenvalue weighted by atomic mass is 35.5. The zero-order valence-corrected chi connectivity index (χ0v) is 12.0. The molecule has 2 nitrogen and oxygen atoms in total. The van der Waals surface area contributed by atoms with Gasteiger partial charge in [-0.05, 0) is 36.4 Å². The lowest BCUT2D eigenvalue weighted by Gasteiger charge is -2.07. The van der Waals surface area contributed by atoms with Crippen LogP contribution >= 0.6 is 34.8 Å². The first-order valence-electron chi connectivity index (χ1n) is 5.68. The van der Waals surface area contributed by atoms with Gasteiger partial charge in [0.25, 0.3) is 0 Å². The zero-order valence-electron chi connectivity index (χ0n) is 9.78. The minimum atomic E-state index is 0.313. The summed E-state index contributed by atoms with van der Waals surface area (Å²) in [4.78, 5) is 4.50. The predicted octanol–water partition coefficient (Wildman–Crippen LogP) is 5.07. The number of hydrogen-bond acceptors (Lipinski definition) is 1. The van der Waals surface area contributed by atoms with E-state index >= 15 is 0 Å². The topological polar surface area (TPSA) is 17.8 Å². The van der Waals surface area contributed by atoms with Gasteiger partial charge in [-0.25, -0.2) is 4.98 Å². The average Bonchev–Trinajstić information content (AvgIpc) is 2.80. The lowest BCUT2D eigenvalue weighted by molar-refractivity contribution is 0.982. The van der Waals surface area contributed by atoms with Crippen molar-refractivity contribution in [1.29, 1.82) is 0 Å². The van der Waals surface area contributed by atoms with Crippen molar-refractivity contribution in [2.24, 2.45) is 0 Å². The number of aromatic nitrogens is 2. The van der Waals surface area contributed by atoms with Crippen LogP contribution in [0.2, 0.25) is 10.0 Å². The molecular formula is C14H9Cl3N2. The van der Waals surface area contributed by atoms with E-state index < -0.39 is 0 Å². The molecule has 96 valence electrons. The molecule has 2 aromatic carbocycles. The van der Waals surface area contributed by atoms with Crippen LogP contribution in [0.15, 0.2) is 42.5 Å². The summed E-state index contributed by atoms with van der Waals surface area (Å²) in [5.41, 5.74) is 2.66. The van der Waals surface area contributed by atoms with Gasteiger partial charge >= 0.3 is 0 Å². The molecule has 0 radical (unpaired) electrons. The number of halogens is 3. The van der Waals surface area contributed by atoms with E-state index in [0.717, 1.165) is 22.5 Å². The molecule has 3 rings (SSSR count). The van der Waals surface area contributed by atoms with Gasteiger partial charge < -0.3 is 0 Å². The third-order valence-corrected chi connectivity index (χ3v) is 3.71. The van der Waals surface area contributed by atoms with E-state index in [1.807, 2.05) is 47.0 Å². The first-order chi connectivity index (χ1) is 9.20. The fraction of sp³-hybridized carbons (Fsp3) is 0.0714. The normalized spacial score (nSPS) is 11.1. The van der Waals surface area contributed by atoms with Gasteiger partial charge in [-0.15, -0.1) is 11.6 Å². The van der Waals surface area contributed by atoms with Crippen molar-refractivity contribution in [2.45, 2.75) is 5.88 Å². The number of imidazole rings is 1. The molecule has 0 aliphatic heterocycles. The molecule has 0 atom stereocenters. The van der Waals surface area contributed by atoms with Crippen LogP contribution in [0.25, 0.3) is 16.7 Å². The second kappa shape index (κ2) is 5.04. The van der Waals surface area contributed by atoms with Crippen LogP contribution in [0.1, 0.15) is 5.82 Å². The molecule has 0 aliphatic carbocycles. The Morgan fingerprint density at radius 3 is 2.42 bits per heavy atom. The summed E-state index contributed by atoms with van der Waals surface area (Å²) in [7, 11) is 0. The van der Waals surface area contributed by atoms with Crippen molar-refractivity contribution < 1.29 is 0 Å². The lowest BCUT2D eigenvalue weighted by atomic mass is 10.3. The molecule has 5 heteroatoms. The summed E-state index contributed by atoms with van der Waals surface area (Å²) < 4.78 is 1.99. The molecule has 0 saturated heterocycles. The van der Waals surface area contributed by atoms with Gasteiger partial charge in [0.2, 0.25) is 0 Å². The molecule has 0 unspecified atom stereocenters. The van der Waals surface area contributed by atoms with Crippen molar-refractivity contribution in [3.05, 3.63) is 58.3 Å². The van der Waals surface area contributed by atoms with E-state index in [4.69, 9.17) is 34.8 Å². The Morgan fingerprint density at radius 2 is 1.74 bits per heavy atom. The van der Waals surface area contributed by atoms with Crippen molar-refractivity contribution >= 4 is 45.8 Å². The van der Waals surface area contributed by atoms with Crippen molar-refractivity contribution in [3.8, 4) is 5.69 Å². The fourth-order valence-electron chi connectivity index (χ4n) is 2.08. The number of rotatable bonds is 2. The maximum atomic E-state index is 6.17. The molecular weight excluding hydrogens is 303 g/mol. The van der Waals surface area contributed by atoms with Crippen molar-refractivity contribution in [2.75, 3.05) is 0 Å². The molecule has 0 saturated carbocycles. The Kier molecular flexibility index (Phi) is 3.40. The summed E-state index contributed by atoms with van der Waals surface area (Å²) in [5.74, 6) is 1.07. The van der Waals surface area contributed by atoms with E-state index in [1.54, 1.807) is 0 Å². The monoisotopic (exact) mass is 310 g/mol. The number of alkyl halides is 1. The number of benzene rings is 2. The van der Waals surface area contributed by atoms with Crippen LogP contribution in [0.3, 0.4) is 0 Å². The fourth-order valence-corrected chi connectivity index (χ4v) is 2.60. The molecule has 0 spiro atoms. The molecule has 1 heterocycles. The zero-order chi connectivity index (χ0) is 13.4. The van der Waals surface area contributed by atoms with Gasteiger partial charge in [0.15, 0.2) is 0 Å². The van der Waals surface area contributed by atoms with Crippen LogP contribution in [0.4, 0.5) is 0 Å². The summed E-state index contributed by atoms with van der Waals surface area (Å²) in [6, 6.07) is 13.2. The number of nitrogens with zero attached hydrogens (tertiary/aromatic N) is 2. The number of fused-ring (bicyclic) bond motifs is 1. The Bertz CT molecular complexity index is 732. The molecule has 19 heavy (non-hydrogen) atoms. The van der Waals surface area contributed by atoms with Gasteiger partial charge in [0.1, 0.15) is 11.3 Å². The first kappa shape index (κ1) is 12.8. The summed E-state index contributed by atoms with van der Waals surface area (Å²) in [6.45, 7) is 0. The first-order valence-corrected chi connectivity index (χ1v) is 6.97. The van der Waals surface area contributed by atoms with Gasteiger partial charge in [0, 0.05) is 10.7 Å². The van der Waals surface area contributed by atoms with Crippen LogP contribution in [0.5, 0.6) is 0 Å². The summed E-state index contributed by atoms with van der Waals surface area (Å²) >= 11 is 18.1. The Morgan fingerprint density at radius 1 is 1.00 bits per heavy atom. The molecule has 0 amide bonds. The van der Waals surface area contributed by atoms with Crippen molar-refractivity contribution in [3.63, 3.8) is 0 Å². The van der Waals surface area contributed by atoms with E-state index in [1.165, 1.54) is 0 Å². The maximum absolute atomic E-state index is 6.17. The van der Waals surface area contributed by atoms with Crippen molar-refractivity contribution in [1.82, 2.24) is 9.55 Å². The quantitative estimate of drug-likeness (QED) is 0.604. The molecule has 3 aromatic rings. The Hall–Kier alpha value is -1.22. The maximum Gasteiger partial charge on any atom is 0.129 e. The Balaban J connectivity index is 2.32. The molecule has 0 N–H and O–H groups in total. The van der Waals surface area contributed by atoms with Crippen LogP contribution in [-0.2, 0) is 5.88 Å². The van der Waals surface area contributed by atoms with E-state index in [9.17, 15) is 0 Å². The average molecular weight is 312 g/mol. The molecule has 0 aliphatic rings. The minimum Gasteiger partial charge on any atom is -0.295 e. The molecule has 0 bridgehead atoms. The third-order valence-electron chi connectivity index (χ3n) is 2.91. The second-order valence-electron chi connectivity index (χ2n) is 4.08. The number of para-hydroxylation sites is 1. The highest BCUT2D eigenvalue weighted by Gasteiger charge is 2.13. The van der Waals surface area contributed by atoms with Crippen LogP contribution < -0.4 is 0 Å². The smallest absolute Gasteiger partial charge is 0.129 e. The standard InChI is InChI=1S/C14H9Cl3N2/c15-8-13-18-14-11(17)2-1-3-12(14)19(13)10-6-4-9(16)5-7-10/h1-7H,8H2. The largest absolute Gasteiger partial charge is 0.295 e. The van der Waals surface area contributed by atoms with Crippen LogP contribution in [-0.4, -0.2) is 9.55 Å². The summed E-state index contributed by atoms with van der Waals surface area (Å²) in [5, 5.41) is 1.32. The van der Waals surface area contributed by atoms with Gasteiger partial charge in [-0.2, -0.15) is 0 Å². The SMILES string of the molecule is ClCc1nc2c(Cl)cccc2n1-c1ccc(Cl)cc1. The minimum absolute atomic E-state index is 0.313. The van der Waals surface area contributed by atoms with E-state index in [-0.39, 0.29) is 0 Å². The van der Waals surface area contributed by atoms with Crippen LogP contribution in [0, 0.1) is 0 Å². The number of hydrogen-bond donors (Lipinski definition) is 0. The van der Waals surface area contributed by atoms with Gasteiger partial charge in [-0.1, -0.05) is 29.3 Å².